The first-order valence-corrected chi connectivity index (χ1v) is 15.0. The minimum absolute atomic E-state index is 0.0300. The molecule has 0 unspecified atom stereocenters. The fourth-order valence-electron chi connectivity index (χ4n) is 4.09. The van der Waals surface area contributed by atoms with Crippen molar-refractivity contribution in [2.75, 3.05) is 17.1 Å². The predicted molar refractivity (Wildman–Crippen MR) is 155 cm³/mol. The van der Waals surface area contributed by atoms with Gasteiger partial charge in [0.25, 0.3) is 0 Å². The van der Waals surface area contributed by atoms with Gasteiger partial charge in [-0.05, 0) is 56.2 Å². The summed E-state index contributed by atoms with van der Waals surface area (Å²) in [6, 6.07) is 21.0. The zero-order valence-electron chi connectivity index (χ0n) is 22.4. The number of carbonyl (C=O) groups excluding carboxylic acids is 2. The molecule has 2 amide bonds. The lowest BCUT2D eigenvalue weighted by molar-refractivity contribution is -0.140. The van der Waals surface area contributed by atoms with Gasteiger partial charge in [-0.1, -0.05) is 70.5 Å². The van der Waals surface area contributed by atoms with Crippen LogP contribution >= 0.6 is 15.9 Å². The van der Waals surface area contributed by atoms with Crippen LogP contribution in [0.4, 0.5) is 10.1 Å². The summed E-state index contributed by atoms with van der Waals surface area (Å²) in [5, 5.41) is 2.96. The van der Waals surface area contributed by atoms with Crippen LogP contribution in [0.2, 0.25) is 0 Å². The Labute approximate surface area is 238 Å². The molecule has 0 aliphatic carbocycles. The van der Waals surface area contributed by atoms with Crippen molar-refractivity contribution in [2.24, 2.45) is 0 Å². The third-order valence-corrected chi connectivity index (χ3v) is 7.43. The minimum Gasteiger partial charge on any atom is -0.350 e. The van der Waals surface area contributed by atoms with E-state index in [2.05, 4.69) is 21.2 Å². The van der Waals surface area contributed by atoms with Crippen molar-refractivity contribution in [2.45, 2.75) is 45.3 Å². The Morgan fingerprint density at radius 2 is 1.56 bits per heavy atom. The van der Waals surface area contributed by atoms with Crippen molar-refractivity contribution in [3.8, 4) is 0 Å². The number of nitrogens with one attached hydrogen (secondary N) is 1. The molecule has 1 N–H and O–H groups in total. The summed E-state index contributed by atoms with van der Waals surface area (Å²) in [5.74, 6) is -1.80. The van der Waals surface area contributed by atoms with Crippen molar-refractivity contribution >= 4 is 43.5 Å². The summed E-state index contributed by atoms with van der Waals surface area (Å²) in [7, 11) is -4.04. The van der Waals surface area contributed by atoms with Crippen LogP contribution in [0, 0.1) is 5.82 Å². The Balaban J connectivity index is 2.09. The second-order valence-electron chi connectivity index (χ2n) is 10.3. The molecule has 10 heteroatoms. The number of nitrogens with zero attached hydrogens (tertiary/aromatic N) is 2. The van der Waals surface area contributed by atoms with Gasteiger partial charge in [0.1, 0.15) is 18.4 Å². The van der Waals surface area contributed by atoms with Crippen molar-refractivity contribution in [1.82, 2.24) is 10.2 Å². The van der Waals surface area contributed by atoms with Crippen LogP contribution in [0.3, 0.4) is 0 Å². The molecule has 3 aromatic carbocycles. The van der Waals surface area contributed by atoms with Gasteiger partial charge in [-0.15, -0.1) is 0 Å². The molecule has 208 valence electrons. The van der Waals surface area contributed by atoms with Crippen molar-refractivity contribution in [3.63, 3.8) is 0 Å². The molecule has 3 rings (SSSR count). The standard InChI is InChI=1S/C29H33BrFN3O4S/c1-29(2,3)32-28(36)26(18-21-11-6-5-7-12-21)33(19-22-13-10-14-23(30)17-22)27(35)20-34(39(4,37)38)25-16-9-8-15-24(25)31/h5-17,26H,18-20H2,1-4H3,(H,32,36)/t26-/m1/s1. The Bertz CT molecular complexity index is 1410. The Morgan fingerprint density at radius 3 is 2.15 bits per heavy atom. The van der Waals surface area contributed by atoms with Gasteiger partial charge in [0, 0.05) is 23.0 Å². The van der Waals surface area contributed by atoms with Gasteiger partial charge < -0.3 is 10.2 Å². The van der Waals surface area contributed by atoms with E-state index in [1.807, 2.05) is 75.4 Å². The van der Waals surface area contributed by atoms with Crippen LogP contribution < -0.4 is 9.62 Å². The molecule has 0 spiro atoms. The van der Waals surface area contributed by atoms with E-state index in [9.17, 15) is 22.4 Å². The molecule has 0 saturated heterocycles. The van der Waals surface area contributed by atoms with E-state index in [0.29, 0.717) is 0 Å². The SMILES string of the molecule is CC(C)(C)NC(=O)[C@@H](Cc1ccccc1)N(Cc1cccc(Br)c1)C(=O)CN(c1ccccc1F)S(C)(=O)=O. The highest BCUT2D eigenvalue weighted by Gasteiger charge is 2.34. The fraction of sp³-hybridized carbons (Fsp3) is 0.310. The smallest absolute Gasteiger partial charge is 0.244 e. The highest BCUT2D eigenvalue weighted by molar-refractivity contribution is 9.10. The van der Waals surface area contributed by atoms with Crippen LogP contribution in [0.25, 0.3) is 0 Å². The summed E-state index contributed by atoms with van der Waals surface area (Å²) >= 11 is 3.44. The topological polar surface area (TPSA) is 86.8 Å². The summed E-state index contributed by atoms with van der Waals surface area (Å²) in [6.45, 7) is 4.88. The minimum atomic E-state index is -4.04. The van der Waals surface area contributed by atoms with Gasteiger partial charge in [0.15, 0.2) is 0 Å². The highest BCUT2D eigenvalue weighted by atomic mass is 79.9. The Hall–Kier alpha value is -3.24. The van der Waals surface area contributed by atoms with Crippen LogP contribution in [0.5, 0.6) is 0 Å². The third-order valence-electron chi connectivity index (χ3n) is 5.81. The Kier molecular flexibility index (Phi) is 9.90. The average molecular weight is 619 g/mol. The predicted octanol–water partition coefficient (Wildman–Crippen LogP) is 4.91. The fourth-order valence-corrected chi connectivity index (χ4v) is 5.38. The molecule has 0 radical (unpaired) electrons. The molecule has 0 aliphatic rings. The number of carbonyl (C=O) groups is 2. The molecular weight excluding hydrogens is 585 g/mol. The summed E-state index contributed by atoms with van der Waals surface area (Å²) in [6.07, 6.45) is 1.11. The monoisotopic (exact) mass is 617 g/mol. The average Bonchev–Trinajstić information content (AvgIpc) is 2.84. The molecule has 0 bridgehead atoms. The number of hydrogen-bond acceptors (Lipinski definition) is 4. The van der Waals surface area contributed by atoms with Gasteiger partial charge in [0.2, 0.25) is 21.8 Å². The first-order valence-electron chi connectivity index (χ1n) is 12.4. The molecule has 7 nitrogen and oxygen atoms in total. The largest absolute Gasteiger partial charge is 0.350 e. The van der Waals surface area contributed by atoms with E-state index in [0.717, 1.165) is 32.2 Å². The van der Waals surface area contributed by atoms with E-state index < -0.39 is 39.9 Å². The number of halogens is 2. The quantitative estimate of drug-likeness (QED) is 0.350. The molecule has 0 aliphatic heterocycles. The van der Waals surface area contributed by atoms with Crippen LogP contribution in [-0.2, 0) is 32.6 Å². The molecule has 0 aromatic heterocycles. The molecule has 0 fully saturated rings. The molecule has 3 aromatic rings. The van der Waals surface area contributed by atoms with Crippen LogP contribution in [-0.4, -0.2) is 49.5 Å². The van der Waals surface area contributed by atoms with Gasteiger partial charge >= 0.3 is 0 Å². The first kappa shape index (κ1) is 30.3. The van der Waals surface area contributed by atoms with Crippen molar-refractivity contribution in [3.05, 3.63) is 100 Å². The van der Waals surface area contributed by atoms with E-state index in [-0.39, 0.29) is 24.6 Å². The van der Waals surface area contributed by atoms with Crippen LogP contribution in [0.15, 0.2) is 83.3 Å². The van der Waals surface area contributed by atoms with Gasteiger partial charge in [-0.3, -0.25) is 13.9 Å². The van der Waals surface area contributed by atoms with Gasteiger partial charge in [-0.2, -0.15) is 0 Å². The molecular formula is C29H33BrFN3O4S. The number of benzene rings is 3. The second kappa shape index (κ2) is 12.7. The van der Waals surface area contributed by atoms with Crippen LogP contribution in [0.1, 0.15) is 31.9 Å². The number of para-hydroxylation sites is 1. The van der Waals surface area contributed by atoms with E-state index >= 15 is 0 Å². The van der Waals surface area contributed by atoms with E-state index in [1.165, 1.54) is 23.1 Å². The summed E-state index contributed by atoms with van der Waals surface area (Å²) < 4.78 is 41.7. The number of amides is 2. The molecule has 0 heterocycles. The lowest BCUT2D eigenvalue weighted by atomic mass is 10.0. The highest BCUT2D eigenvalue weighted by Crippen LogP contribution is 2.23. The first-order chi connectivity index (χ1) is 18.2. The van der Waals surface area contributed by atoms with E-state index in [4.69, 9.17) is 0 Å². The maximum Gasteiger partial charge on any atom is 0.244 e. The number of hydrogen-bond donors (Lipinski definition) is 1. The van der Waals surface area contributed by atoms with Gasteiger partial charge in [0.05, 0.1) is 11.9 Å². The zero-order valence-corrected chi connectivity index (χ0v) is 24.8. The summed E-state index contributed by atoms with van der Waals surface area (Å²) in [4.78, 5) is 29.0. The molecule has 39 heavy (non-hydrogen) atoms. The molecule has 0 saturated carbocycles. The van der Waals surface area contributed by atoms with Crippen molar-refractivity contribution < 1.29 is 22.4 Å². The number of anilines is 1. The zero-order chi connectivity index (χ0) is 28.8. The normalized spacial score (nSPS) is 12.5. The molecule has 1 atom stereocenters. The van der Waals surface area contributed by atoms with Crippen molar-refractivity contribution in [1.29, 1.82) is 0 Å². The number of rotatable bonds is 10. The van der Waals surface area contributed by atoms with E-state index in [1.54, 1.807) is 0 Å². The maximum atomic E-state index is 14.7. The lowest BCUT2D eigenvalue weighted by Gasteiger charge is -2.35. The summed E-state index contributed by atoms with van der Waals surface area (Å²) in [5.41, 5.74) is 0.737. The third kappa shape index (κ3) is 8.90. The van der Waals surface area contributed by atoms with Gasteiger partial charge in [-0.25, -0.2) is 12.8 Å². The number of sulfonamides is 1. The second-order valence-corrected chi connectivity index (χ2v) is 13.1. The maximum absolute atomic E-state index is 14.7. The lowest BCUT2D eigenvalue weighted by Crippen LogP contribution is -2.56. The Morgan fingerprint density at radius 1 is 0.949 bits per heavy atom.